The third-order valence-electron chi connectivity index (χ3n) is 3.34. The van der Waals surface area contributed by atoms with Gasteiger partial charge in [-0.25, -0.2) is 4.98 Å². The van der Waals surface area contributed by atoms with E-state index in [9.17, 15) is 0 Å². The molecule has 0 aromatic carbocycles. The van der Waals surface area contributed by atoms with Crippen molar-refractivity contribution in [2.24, 2.45) is 11.7 Å². The molecule has 17 heavy (non-hydrogen) atoms. The molecule has 1 aromatic heterocycles. The standard InChI is InChI=1S/C13H19N3S/c1-9(13(14)17)8-16(2)12-7-6-10-4-3-5-11(10)15-12/h6-7,9H,3-5,8H2,1-2H3,(H2,14,17). The van der Waals surface area contributed by atoms with Crippen LogP contribution in [0.3, 0.4) is 0 Å². The predicted molar refractivity (Wildman–Crippen MR) is 75.5 cm³/mol. The minimum absolute atomic E-state index is 0.213. The first-order chi connectivity index (χ1) is 8.08. The number of nitrogens with zero attached hydrogens (tertiary/aromatic N) is 2. The lowest BCUT2D eigenvalue weighted by atomic mass is 10.1. The van der Waals surface area contributed by atoms with E-state index in [1.54, 1.807) is 0 Å². The largest absolute Gasteiger partial charge is 0.393 e. The van der Waals surface area contributed by atoms with Crippen molar-refractivity contribution in [3.8, 4) is 0 Å². The topological polar surface area (TPSA) is 42.2 Å². The number of hydrogen-bond acceptors (Lipinski definition) is 3. The molecule has 1 aromatic rings. The Hall–Kier alpha value is -1.16. The van der Waals surface area contributed by atoms with Crippen molar-refractivity contribution in [3.05, 3.63) is 23.4 Å². The summed E-state index contributed by atoms with van der Waals surface area (Å²) in [5, 5.41) is 0. The Kier molecular flexibility index (Phi) is 3.62. The summed E-state index contributed by atoms with van der Waals surface area (Å²) in [6.45, 7) is 2.87. The molecule has 1 aliphatic carbocycles. The average Bonchev–Trinajstić information content (AvgIpc) is 2.75. The van der Waals surface area contributed by atoms with Crippen LogP contribution in [0.15, 0.2) is 12.1 Å². The molecule has 0 saturated heterocycles. The molecular formula is C13H19N3S. The third-order valence-corrected chi connectivity index (χ3v) is 3.74. The number of aryl methyl sites for hydroxylation is 2. The highest BCUT2D eigenvalue weighted by molar-refractivity contribution is 7.80. The van der Waals surface area contributed by atoms with Crippen LogP contribution >= 0.6 is 12.2 Å². The third kappa shape index (κ3) is 2.75. The van der Waals surface area contributed by atoms with Crippen molar-refractivity contribution in [1.82, 2.24) is 4.98 Å². The van der Waals surface area contributed by atoms with Gasteiger partial charge in [0, 0.05) is 25.2 Å². The zero-order valence-corrected chi connectivity index (χ0v) is 11.3. The number of hydrogen-bond donors (Lipinski definition) is 1. The van der Waals surface area contributed by atoms with Gasteiger partial charge in [-0.2, -0.15) is 0 Å². The van der Waals surface area contributed by atoms with Crippen molar-refractivity contribution in [1.29, 1.82) is 0 Å². The maximum Gasteiger partial charge on any atom is 0.128 e. The molecule has 1 heterocycles. The second kappa shape index (κ2) is 5.00. The smallest absolute Gasteiger partial charge is 0.128 e. The Morgan fingerprint density at radius 2 is 2.29 bits per heavy atom. The molecule has 3 nitrogen and oxygen atoms in total. The van der Waals surface area contributed by atoms with Crippen LogP contribution in [0.4, 0.5) is 5.82 Å². The van der Waals surface area contributed by atoms with Gasteiger partial charge in [-0.3, -0.25) is 0 Å². The maximum absolute atomic E-state index is 5.64. The second-order valence-corrected chi connectivity index (χ2v) is 5.28. The van der Waals surface area contributed by atoms with E-state index in [-0.39, 0.29) is 5.92 Å². The molecule has 1 atom stereocenters. The van der Waals surface area contributed by atoms with Crippen LogP contribution in [-0.4, -0.2) is 23.6 Å². The molecule has 4 heteroatoms. The molecule has 0 bridgehead atoms. The SMILES string of the molecule is CC(CN(C)c1ccc2c(n1)CCC2)C(N)=S. The Labute approximate surface area is 108 Å². The fraction of sp³-hybridized carbons (Fsp3) is 0.538. The minimum atomic E-state index is 0.213. The summed E-state index contributed by atoms with van der Waals surface area (Å²) in [5.41, 5.74) is 8.31. The van der Waals surface area contributed by atoms with E-state index < -0.39 is 0 Å². The highest BCUT2D eigenvalue weighted by Gasteiger charge is 2.15. The average molecular weight is 249 g/mol. The summed E-state index contributed by atoms with van der Waals surface area (Å²) < 4.78 is 0. The summed E-state index contributed by atoms with van der Waals surface area (Å²) in [6.07, 6.45) is 3.52. The van der Waals surface area contributed by atoms with Gasteiger partial charge in [0.05, 0.1) is 4.99 Å². The number of pyridine rings is 1. The number of thiocarbonyl (C=S) groups is 1. The van der Waals surface area contributed by atoms with E-state index in [1.807, 2.05) is 14.0 Å². The van der Waals surface area contributed by atoms with E-state index in [0.29, 0.717) is 4.99 Å². The zero-order chi connectivity index (χ0) is 12.4. The molecule has 1 unspecified atom stereocenters. The van der Waals surface area contributed by atoms with Crippen molar-refractivity contribution in [3.63, 3.8) is 0 Å². The van der Waals surface area contributed by atoms with E-state index in [1.165, 1.54) is 24.1 Å². The van der Waals surface area contributed by atoms with Crippen molar-refractivity contribution < 1.29 is 0 Å². The minimum Gasteiger partial charge on any atom is -0.393 e. The first-order valence-electron chi connectivity index (χ1n) is 6.07. The summed E-state index contributed by atoms with van der Waals surface area (Å²) in [7, 11) is 2.04. The fourth-order valence-corrected chi connectivity index (χ4v) is 2.29. The number of aromatic nitrogens is 1. The normalized spacial score (nSPS) is 15.4. The number of anilines is 1. The zero-order valence-electron chi connectivity index (χ0n) is 10.4. The molecule has 0 fully saturated rings. The summed E-state index contributed by atoms with van der Waals surface area (Å²) in [6, 6.07) is 4.29. The van der Waals surface area contributed by atoms with Gasteiger partial charge < -0.3 is 10.6 Å². The van der Waals surface area contributed by atoms with Crippen LogP contribution in [0, 0.1) is 5.92 Å². The van der Waals surface area contributed by atoms with Crippen LogP contribution in [0.2, 0.25) is 0 Å². The van der Waals surface area contributed by atoms with Crippen LogP contribution in [-0.2, 0) is 12.8 Å². The van der Waals surface area contributed by atoms with Gasteiger partial charge in [0.25, 0.3) is 0 Å². The van der Waals surface area contributed by atoms with Crippen LogP contribution in [0.25, 0.3) is 0 Å². The molecule has 0 spiro atoms. The molecule has 1 aliphatic rings. The highest BCUT2D eigenvalue weighted by Crippen LogP contribution is 2.23. The molecule has 0 radical (unpaired) electrons. The van der Waals surface area contributed by atoms with Gasteiger partial charge in [-0.1, -0.05) is 25.2 Å². The molecule has 2 rings (SSSR count). The van der Waals surface area contributed by atoms with Crippen LogP contribution in [0.1, 0.15) is 24.6 Å². The van der Waals surface area contributed by atoms with E-state index in [0.717, 1.165) is 18.8 Å². The summed E-state index contributed by atoms with van der Waals surface area (Å²) in [5.74, 6) is 1.24. The van der Waals surface area contributed by atoms with Gasteiger partial charge in [-0.05, 0) is 30.9 Å². The Bertz CT molecular complexity index is 431. The quantitative estimate of drug-likeness (QED) is 0.828. The van der Waals surface area contributed by atoms with Crippen molar-refractivity contribution in [2.45, 2.75) is 26.2 Å². The number of rotatable bonds is 4. The fourth-order valence-electron chi connectivity index (χ4n) is 2.22. The van der Waals surface area contributed by atoms with Gasteiger partial charge in [0.2, 0.25) is 0 Å². The number of fused-ring (bicyclic) bond motifs is 1. The van der Waals surface area contributed by atoms with E-state index in [2.05, 4.69) is 17.0 Å². The first-order valence-corrected chi connectivity index (χ1v) is 6.48. The molecule has 0 amide bonds. The van der Waals surface area contributed by atoms with Gasteiger partial charge in [0.15, 0.2) is 0 Å². The number of nitrogens with two attached hydrogens (primary N) is 1. The Morgan fingerprint density at radius 3 is 3.00 bits per heavy atom. The lowest BCUT2D eigenvalue weighted by Crippen LogP contribution is -2.31. The molecule has 0 aliphatic heterocycles. The Balaban J connectivity index is 2.09. The highest BCUT2D eigenvalue weighted by atomic mass is 32.1. The Morgan fingerprint density at radius 1 is 1.53 bits per heavy atom. The van der Waals surface area contributed by atoms with Crippen LogP contribution in [0.5, 0.6) is 0 Å². The van der Waals surface area contributed by atoms with Crippen LogP contribution < -0.4 is 10.6 Å². The first kappa shape index (κ1) is 12.3. The van der Waals surface area contributed by atoms with Gasteiger partial charge >= 0.3 is 0 Å². The lowest BCUT2D eigenvalue weighted by molar-refractivity contribution is 0.733. The molecule has 2 N–H and O–H groups in total. The van der Waals surface area contributed by atoms with Crippen molar-refractivity contribution >= 4 is 23.0 Å². The molecule has 92 valence electrons. The van der Waals surface area contributed by atoms with E-state index in [4.69, 9.17) is 22.9 Å². The molecule has 0 saturated carbocycles. The summed E-state index contributed by atoms with van der Waals surface area (Å²) in [4.78, 5) is 7.40. The maximum atomic E-state index is 5.64. The summed E-state index contributed by atoms with van der Waals surface area (Å²) >= 11 is 5.00. The van der Waals surface area contributed by atoms with Crippen molar-refractivity contribution in [2.75, 3.05) is 18.5 Å². The predicted octanol–water partition coefficient (Wildman–Crippen LogP) is 1.93. The van der Waals surface area contributed by atoms with E-state index >= 15 is 0 Å². The monoisotopic (exact) mass is 249 g/mol. The second-order valence-electron chi connectivity index (χ2n) is 4.81. The lowest BCUT2D eigenvalue weighted by Gasteiger charge is -2.22. The van der Waals surface area contributed by atoms with Gasteiger partial charge in [-0.15, -0.1) is 0 Å². The van der Waals surface area contributed by atoms with Gasteiger partial charge in [0.1, 0.15) is 5.82 Å². The molecular weight excluding hydrogens is 230 g/mol.